The molecule has 0 spiro atoms. The summed E-state index contributed by atoms with van der Waals surface area (Å²) in [6.45, 7) is 2.54. The molecule has 0 N–H and O–H groups in total. The molecule has 0 aliphatic rings. The third kappa shape index (κ3) is 3.20. The highest BCUT2D eigenvalue weighted by Crippen LogP contribution is 2.17. The van der Waals surface area contributed by atoms with Gasteiger partial charge in [-0.15, -0.1) is 11.3 Å². The molecular formula is C16H14N2O2S. The summed E-state index contributed by atoms with van der Waals surface area (Å²) in [6, 6.07) is 10.7. The van der Waals surface area contributed by atoms with Gasteiger partial charge in [-0.05, 0) is 30.5 Å². The van der Waals surface area contributed by atoms with Crippen LogP contribution in [0.2, 0.25) is 0 Å². The van der Waals surface area contributed by atoms with Crippen LogP contribution in [-0.4, -0.2) is 9.55 Å². The summed E-state index contributed by atoms with van der Waals surface area (Å²) in [7, 11) is 0. The van der Waals surface area contributed by atoms with Gasteiger partial charge in [0.15, 0.2) is 0 Å². The Kier molecular flexibility index (Phi) is 3.83. The maximum absolute atomic E-state index is 11.8. The molecule has 5 heteroatoms. The maximum Gasteiger partial charge on any atom is 0.255 e. The summed E-state index contributed by atoms with van der Waals surface area (Å²) in [5, 5.41) is 2.07. The van der Waals surface area contributed by atoms with Crippen LogP contribution >= 0.6 is 11.3 Å². The Morgan fingerprint density at radius 1 is 1.29 bits per heavy atom. The number of hydrogen-bond acceptors (Lipinski definition) is 4. The van der Waals surface area contributed by atoms with E-state index < -0.39 is 0 Å². The molecule has 0 aromatic carbocycles. The Balaban J connectivity index is 1.80. The molecule has 0 saturated carbocycles. The summed E-state index contributed by atoms with van der Waals surface area (Å²) in [6.07, 6.45) is 3.37. The van der Waals surface area contributed by atoms with Crippen molar-refractivity contribution in [3.8, 4) is 11.6 Å². The van der Waals surface area contributed by atoms with Crippen LogP contribution in [0, 0.1) is 6.92 Å². The van der Waals surface area contributed by atoms with Gasteiger partial charge in [-0.3, -0.25) is 9.36 Å². The normalized spacial score (nSPS) is 10.5. The average Bonchev–Trinajstić information content (AvgIpc) is 2.92. The van der Waals surface area contributed by atoms with E-state index in [-0.39, 0.29) is 5.56 Å². The second kappa shape index (κ2) is 5.93. The van der Waals surface area contributed by atoms with Gasteiger partial charge in [-0.25, -0.2) is 4.98 Å². The van der Waals surface area contributed by atoms with E-state index >= 15 is 0 Å². The van der Waals surface area contributed by atoms with Gasteiger partial charge in [0.1, 0.15) is 6.61 Å². The summed E-state index contributed by atoms with van der Waals surface area (Å²) >= 11 is 1.70. The van der Waals surface area contributed by atoms with Crippen LogP contribution in [0.1, 0.15) is 10.4 Å². The first-order valence-corrected chi connectivity index (χ1v) is 7.41. The van der Waals surface area contributed by atoms with Crippen LogP contribution in [0.3, 0.4) is 0 Å². The van der Waals surface area contributed by atoms with E-state index in [1.54, 1.807) is 46.5 Å². The molecule has 3 rings (SSSR count). The first-order valence-electron chi connectivity index (χ1n) is 6.53. The van der Waals surface area contributed by atoms with E-state index in [4.69, 9.17) is 4.74 Å². The summed E-state index contributed by atoms with van der Waals surface area (Å²) < 4.78 is 7.25. The second-order valence-electron chi connectivity index (χ2n) is 4.62. The average molecular weight is 298 g/mol. The molecule has 0 amide bonds. The molecule has 3 heterocycles. The smallest absolute Gasteiger partial charge is 0.255 e. The predicted molar refractivity (Wildman–Crippen MR) is 83.2 cm³/mol. The molecular weight excluding hydrogens is 284 g/mol. The number of thiophene rings is 1. The number of nitrogens with zero attached hydrogens (tertiary/aromatic N) is 2. The fraction of sp³-hybridized carbons (Fsp3) is 0.125. The molecule has 106 valence electrons. The molecule has 0 saturated heterocycles. The number of aromatic nitrogens is 2. The van der Waals surface area contributed by atoms with E-state index in [2.05, 4.69) is 23.4 Å². The highest BCUT2D eigenvalue weighted by Gasteiger charge is 2.03. The Bertz CT molecular complexity index is 808. The zero-order valence-corrected chi connectivity index (χ0v) is 12.3. The van der Waals surface area contributed by atoms with Gasteiger partial charge in [-0.1, -0.05) is 6.07 Å². The summed E-state index contributed by atoms with van der Waals surface area (Å²) in [5.41, 5.74) is 1.79. The fourth-order valence-electron chi connectivity index (χ4n) is 2.00. The maximum atomic E-state index is 11.8. The lowest BCUT2D eigenvalue weighted by Crippen LogP contribution is -2.15. The number of ether oxygens (including phenoxy) is 1. The number of hydrogen-bond donors (Lipinski definition) is 0. The van der Waals surface area contributed by atoms with Crippen molar-refractivity contribution in [3.63, 3.8) is 0 Å². The molecule has 0 radical (unpaired) electrons. The zero-order valence-electron chi connectivity index (χ0n) is 11.5. The van der Waals surface area contributed by atoms with Crippen LogP contribution < -0.4 is 10.3 Å². The molecule has 0 atom stereocenters. The minimum Gasteiger partial charge on any atom is -0.473 e. The van der Waals surface area contributed by atoms with Gasteiger partial charge in [0.05, 0.1) is 5.69 Å². The summed E-state index contributed by atoms with van der Waals surface area (Å²) in [5.74, 6) is 0.507. The lowest BCUT2D eigenvalue weighted by atomic mass is 10.3. The molecule has 21 heavy (non-hydrogen) atoms. The molecule has 0 fully saturated rings. The highest BCUT2D eigenvalue weighted by molar-refractivity contribution is 7.10. The van der Waals surface area contributed by atoms with Crippen molar-refractivity contribution in [1.82, 2.24) is 9.55 Å². The van der Waals surface area contributed by atoms with Gasteiger partial charge in [-0.2, -0.15) is 0 Å². The van der Waals surface area contributed by atoms with E-state index in [0.29, 0.717) is 12.5 Å². The monoisotopic (exact) mass is 298 g/mol. The Morgan fingerprint density at radius 3 is 2.95 bits per heavy atom. The molecule has 0 aliphatic heterocycles. The minimum atomic E-state index is -0.0805. The van der Waals surface area contributed by atoms with E-state index in [9.17, 15) is 4.79 Å². The van der Waals surface area contributed by atoms with Crippen LogP contribution in [0.25, 0.3) is 5.69 Å². The molecule has 0 aliphatic carbocycles. The van der Waals surface area contributed by atoms with Crippen molar-refractivity contribution in [2.24, 2.45) is 0 Å². The lowest BCUT2D eigenvalue weighted by Gasteiger charge is -2.08. The largest absolute Gasteiger partial charge is 0.473 e. The van der Waals surface area contributed by atoms with E-state index in [1.807, 2.05) is 6.07 Å². The Labute approximate surface area is 126 Å². The topological polar surface area (TPSA) is 44.1 Å². The third-order valence-electron chi connectivity index (χ3n) is 2.99. The SMILES string of the molecule is Cc1cc(COc2cc(-n3ccccc3=O)ccn2)cs1. The van der Waals surface area contributed by atoms with Gasteiger partial charge >= 0.3 is 0 Å². The minimum absolute atomic E-state index is 0.0805. The lowest BCUT2D eigenvalue weighted by molar-refractivity contribution is 0.294. The second-order valence-corrected chi connectivity index (χ2v) is 5.73. The van der Waals surface area contributed by atoms with Crippen molar-refractivity contribution >= 4 is 11.3 Å². The Hall–Kier alpha value is -2.40. The van der Waals surface area contributed by atoms with Gasteiger partial charge in [0.2, 0.25) is 5.88 Å². The van der Waals surface area contributed by atoms with Gasteiger partial charge in [0.25, 0.3) is 5.56 Å². The van der Waals surface area contributed by atoms with Crippen LogP contribution in [0.4, 0.5) is 0 Å². The first-order chi connectivity index (χ1) is 10.2. The van der Waals surface area contributed by atoms with E-state index in [1.165, 1.54) is 10.9 Å². The van der Waals surface area contributed by atoms with Crippen molar-refractivity contribution < 1.29 is 4.74 Å². The van der Waals surface area contributed by atoms with Crippen molar-refractivity contribution in [2.45, 2.75) is 13.5 Å². The van der Waals surface area contributed by atoms with Gasteiger partial charge < -0.3 is 4.74 Å². The summed E-state index contributed by atoms with van der Waals surface area (Å²) in [4.78, 5) is 17.3. The quantitative estimate of drug-likeness (QED) is 0.743. The molecule has 4 nitrogen and oxygen atoms in total. The van der Waals surface area contributed by atoms with Crippen molar-refractivity contribution in [1.29, 1.82) is 0 Å². The zero-order chi connectivity index (χ0) is 14.7. The standard InChI is InChI=1S/C16H14N2O2S/c1-12-8-13(11-21-12)10-20-15-9-14(5-6-17-15)18-7-3-2-4-16(18)19/h2-9,11H,10H2,1H3. The Morgan fingerprint density at radius 2 is 2.19 bits per heavy atom. The van der Waals surface area contributed by atoms with Crippen LogP contribution in [0.15, 0.2) is 59.0 Å². The third-order valence-corrected chi connectivity index (χ3v) is 3.90. The number of aryl methyl sites for hydroxylation is 1. The molecule has 0 unspecified atom stereocenters. The number of rotatable bonds is 4. The van der Waals surface area contributed by atoms with Crippen LogP contribution in [-0.2, 0) is 6.61 Å². The molecule has 3 aromatic heterocycles. The van der Waals surface area contributed by atoms with E-state index in [0.717, 1.165) is 11.3 Å². The van der Waals surface area contributed by atoms with Crippen molar-refractivity contribution in [3.05, 3.63) is 75.0 Å². The first kappa shape index (κ1) is 13.6. The highest BCUT2D eigenvalue weighted by atomic mass is 32.1. The number of pyridine rings is 2. The van der Waals surface area contributed by atoms with Crippen molar-refractivity contribution in [2.75, 3.05) is 0 Å². The molecule has 3 aromatic rings. The van der Waals surface area contributed by atoms with Crippen LogP contribution in [0.5, 0.6) is 5.88 Å². The predicted octanol–water partition coefficient (Wildman–Crippen LogP) is 3.18. The molecule has 0 bridgehead atoms. The fourth-order valence-corrected chi connectivity index (χ4v) is 2.69. The van der Waals surface area contributed by atoms with Gasteiger partial charge in [0, 0.05) is 35.0 Å².